The number of rotatable bonds is 12. The number of amides is 4. The first kappa shape index (κ1) is 26.6. The SMILES string of the molecule is CC(=O)NC1(C(=O)N[C@@H](CCCN=C(N)N)C(=O)N[C@@H](C)C(=O)NCc2ccccc2)CCC1. The van der Waals surface area contributed by atoms with Crippen LogP contribution in [0.25, 0.3) is 0 Å². The highest BCUT2D eigenvalue weighted by molar-refractivity contribution is 5.96. The number of aliphatic imine (C=N–C) groups is 1. The van der Waals surface area contributed by atoms with E-state index in [1.807, 2.05) is 30.3 Å². The van der Waals surface area contributed by atoms with Crippen LogP contribution in [0.15, 0.2) is 35.3 Å². The maximum atomic E-state index is 13.0. The van der Waals surface area contributed by atoms with Crippen molar-refractivity contribution in [3.63, 3.8) is 0 Å². The lowest BCUT2D eigenvalue weighted by Gasteiger charge is -2.41. The number of nitrogens with zero attached hydrogens (tertiary/aromatic N) is 1. The van der Waals surface area contributed by atoms with E-state index in [0.29, 0.717) is 25.8 Å². The van der Waals surface area contributed by atoms with Gasteiger partial charge in [0.1, 0.15) is 17.6 Å². The third kappa shape index (κ3) is 8.05. The molecule has 11 heteroatoms. The summed E-state index contributed by atoms with van der Waals surface area (Å²) in [5.74, 6) is -1.65. The smallest absolute Gasteiger partial charge is 0.246 e. The normalized spacial score (nSPS) is 15.6. The van der Waals surface area contributed by atoms with Gasteiger partial charge in [0.2, 0.25) is 23.6 Å². The third-order valence-corrected chi connectivity index (χ3v) is 5.69. The van der Waals surface area contributed by atoms with Gasteiger partial charge in [-0.2, -0.15) is 0 Å². The highest BCUT2D eigenvalue weighted by Crippen LogP contribution is 2.32. The predicted molar refractivity (Wildman–Crippen MR) is 128 cm³/mol. The van der Waals surface area contributed by atoms with Crippen LogP contribution < -0.4 is 32.7 Å². The van der Waals surface area contributed by atoms with Crippen LogP contribution in [0.5, 0.6) is 0 Å². The average molecular weight is 474 g/mol. The molecule has 34 heavy (non-hydrogen) atoms. The van der Waals surface area contributed by atoms with Crippen LogP contribution in [-0.4, -0.2) is 53.8 Å². The molecule has 1 saturated carbocycles. The van der Waals surface area contributed by atoms with Crippen molar-refractivity contribution in [2.45, 2.75) is 70.1 Å². The Morgan fingerprint density at radius 3 is 2.29 bits per heavy atom. The molecule has 8 N–H and O–H groups in total. The van der Waals surface area contributed by atoms with Crippen molar-refractivity contribution in [3.05, 3.63) is 35.9 Å². The zero-order valence-corrected chi connectivity index (χ0v) is 19.7. The minimum atomic E-state index is -1.01. The molecule has 2 rings (SSSR count). The van der Waals surface area contributed by atoms with Crippen LogP contribution in [0.4, 0.5) is 0 Å². The van der Waals surface area contributed by atoms with Crippen LogP contribution in [0, 0.1) is 0 Å². The first-order chi connectivity index (χ1) is 16.1. The summed E-state index contributed by atoms with van der Waals surface area (Å²) in [7, 11) is 0. The van der Waals surface area contributed by atoms with Gasteiger partial charge in [0.05, 0.1) is 0 Å². The second-order valence-electron chi connectivity index (χ2n) is 8.53. The van der Waals surface area contributed by atoms with Gasteiger partial charge < -0.3 is 32.7 Å². The maximum absolute atomic E-state index is 13.0. The van der Waals surface area contributed by atoms with E-state index in [4.69, 9.17) is 11.5 Å². The summed E-state index contributed by atoms with van der Waals surface area (Å²) in [6.07, 6.45) is 2.48. The minimum absolute atomic E-state index is 0.0622. The molecule has 1 aliphatic carbocycles. The van der Waals surface area contributed by atoms with Crippen molar-refractivity contribution in [2.24, 2.45) is 16.5 Å². The Labute approximate surface area is 199 Å². The highest BCUT2D eigenvalue weighted by Gasteiger charge is 2.45. The Bertz CT molecular complexity index is 896. The van der Waals surface area contributed by atoms with E-state index in [9.17, 15) is 19.2 Å². The first-order valence-electron chi connectivity index (χ1n) is 11.4. The van der Waals surface area contributed by atoms with Crippen LogP contribution >= 0.6 is 0 Å². The van der Waals surface area contributed by atoms with E-state index < -0.39 is 29.4 Å². The molecule has 1 aromatic rings. The molecule has 11 nitrogen and oxygen atoms in total. The summed E-state index contributed by atoms with van der Waals surface area (Å²) in [5, 5.41) is 10.9. The van der Waals surface area contributed by atoms with E-state index in [2.05, 4.69) is 26.3 Å². The molecule has 186 valence electrons. The summed E-state index contributed by atoms with van der Waals surface area (Å²) in [5.41, 5.74) is 10.6. The van der Waals surface area contributed by atoms with Crippen LogP contribution in [0.3, 0.4) is 0 Å². The Morgan fingerprint density at radius 1 is 1.06 bits per heavy atom. The van der Waals surface area contributed by atoms with Crippen molar-refractivity contribution >= 4 is 29.6 Å². The summed E-state index contributed by atoms with van der Waals surface area (Å²) in [4.78, 5) is 53.9. The number of nitrogens with two attached hydrogens (primary N) is 2. The molecule has 1 fully saturated rings. The Hall–Kier alpha value is -3.63. The maximum Gasteiger partial charge on any atom is 0.246 e. The van der Waals surface area contributed by atoms with Gasteiger partial charge in [-0.15, -0.1) is 0 Å². The van der Waals surface area contributed by atoms with Gasteiger partial charge in [0.25, 0.3) is 0 Å². The summed E-state index contributed by atoms with van der Waals surface area (Å²) in [6, 6.07) is 7.67. The summed E-state index contributed by atoms with van der Waals surface area (Å²) < 4.78 is 0. The lowest BCUT2D eigenvalue weighted by molar-refractivity contribution is -0.139. The average Bonchev–Trinajstić information content (AvgIpc) is 2.76. The molecule has 0 radical (unpaired) electrons. The predicted octanol–water partition coefficient (Wildman–Crippen LogP) is -0.595. The number of benzene rings is 1. The highest BCUT2D eigenvalue weighted by atomic mass is 16.2. The largest absolute Gasteiger partial charge is 0.370 e. The van der Waals surface area contributed by atoms with Crippen molar-refractivity contribution in [1.29, 1.82) is 0 Å². The van der Waals surface area contributed by atoms with E-state index >= 15 is 0 Å². The van der Waals surface area contributed by atoms with Crippen molar-refractivity contribution in [3.8, 4) is 0 Å². The van der Waals surface area contributed by atoms with E-state index in [-0.39, 0.29) is 30.7 Å². The van der Waals surface area contributed by atoms with Gasteiger partial charge in [0, 0.05) is 20.0 Å². The van der Waals surface area contributed by atoms with Gasteiger partial charge in [-0.05, 0) is 44.6 Å². The third-order valence-electron chi connectivity index (χ3n) is 5.69. The molecular weight excluding hydrogens is 438 g/mol. The number of nitrogens with one attached hydrogen (secondary N) is 4. The standard InChI is InChI=1S/C23H35N7O4/c1-15(19(32)27-14-17-8-4-3-5-9-17)28-20(33)18(10-6-13-26-22(24)25)29-21(34)23(11-7-12-23)30-16(2)31/h3-5,8-9,15,18H,6-7,10-14H2,1-2H3,(H,27,32)(H,28,33)(H,29,34)(H,30,31)(H4,24,25,26)/t15-,18-/m0/s1. The van der Waals surface area contributed by atoms with Crippen LogP contribution in [-0.2, 0) is 25.7 Å². The van der Waals surface area contributed by atoms with E-state index in [0.717, 1.165) is 12.0 Å². The van der Waals surface area contributed by atoms with Crippen molar-refractivity contribution in [1.82, 2.24) is 21.3 Å². The van der Waals surface area contributed by atoms with Gasteiger partial charge in [0.15, 0.2) is 5.96 Å². The topological polar surface area (TPSA) is 181 Å². The van der Waals surface area contributed by atoms with Crippen LogP contribution in [0.2, 0.25) is 0 Å². The number of carbonyl (C=O) groups is 4. The molecular formula is C23H35N7O4. The first-order valence-corrected chi connectivity index (χ1v) is 11.4. The molecule has 0 bridgehead atoms. The Morgan fingerprint density at radius 2 is 1.74 bits per heavy atom. The second kappa shape index (κ2) is 12.6. The minimum Gasteiger partial charge on any atom is -0.370 e. The summed E-state index contributed by atoms with van der Waals surface area (Å²) in [6.45, 7) is 3.54. The molecule has 0 saturated heterocycles. The molecule has 0 aliphatic heterocycles. The molecule has 1 aromatic carbocycles. The monoisotopic (exact) mass is 473 g/mol. The van der Waals surface area contributed by atoms with E-state index in [1.165, 1.54) is 6.92 Å². The molecule has 4 amide bonds. The molecule has 0 aromatic heterocycles. The lowest BCUT2D eigenvalue weighted by Crippen LogP contribution is -2.65. The molecule has 2 atom stereocenters. The molecule has 1 aliphatic rings. The number of carbonyl (C=O) groups excluding carboxylic acids is 4. The van der Waals surface area contributed by atoms with Crippen molar-refractivity contribution < 1.29 is 19.2 Å². The quantitative estimate of drug-likeness (QED) is 0.134. The van der Waals surface area contributed by atoms with E-state index in [1.54, 1.807) is 6.92 Å². The van der Waals surface area contributed by atoms with Crippen molar-refractivity contribution in [2.75, 3.05) is 6.54 Å². The Balaban J connectivity index is 1.99. The van der Waals surface area contributed by atoms with Gasteiger partial charge in [-0.3, -0.25) is 24.2 Å². The van der Waals surface area contributed by atoms with Gasteiger partial charge in [-0.25, -0.2) is 0 Å². The van der Waals surface area contributed by atoms with Gasteiger partial charge >= 0.3 is 0 Å². The fourth-order valence-corrected chi connectivity index (χ4v) is 3.66. The molecule has 0 spiro atoms. The number of hydrogen-bond acceptors (Lipinski definition) is 5. The van der Waals surface area contributed by atoms with Crippen LogP contribution in [0.1, 0.15) is 51.5 Å². The number of hydrogen-bond donors (Lipinski definition) is 6. The second-order valence-corrected chi connectivity index (χ2v) is 8.53. The molecule has 0 unspecified atom stereocenters. The lowest BCUT2D eigenvalue weighted by atomic mass is 9.75. The molecule has 0 heterocycles. The fraction of sp³-hybridized carbons (Fsp3) is 0.522. The summed E-state index contributed by atoms with van der Waals surface area (Å²) >= 11 is 0. The zero-order valence-electron chi connectivity index (χ0n) is 19.7. The fourth-order valence-electron chi connectivity index (χ4n) is 3.66. The Kier molecular flexibility index (Phi) is 9.84. The zero-order chi connectivity index (χ0) is 25.1. The number of guanidine groups is 1. The van der Waals surface area contributed by atoms with Gasteiger partial charge in [-0.1, -0.05) is 30.3 Å².